The summed E-state index contributed by atoms with van der Waals surface area (Å²) in [5, 5.41) is 35.8. The number of ether oxygens (including phenoxy) is 4. The molecule has 25 heteroatoms. The average molecular weight is 986 g/mol. The molecule has 3 N–H and O–H groups in total. The molecule has 0 bridgehead atoms. The molecule has 2 atom stereocenters. The summed E-state index contributed by atoms with van der Waals surface area (Å²) < 4.78 is 21.3. The number of amides is 5. The zero-order chi connectivity index (χ0) is 50.3. The van der Waals surface area contributed by atoms with E-state index < -0.39 is 57.0 Å². The molecule has 4 aromatic carbocycles. The van der Waals surface area contributed by atoms with Gasteiger partial charge in [0.05, 0.1) is 27.9 Å². The SMILES string of the molecule is COc1ccc(CS[C@H]2C[C@@H](C(=O)N3CC(NC(=O)CCCN(C(=O)OCc4ccc([N+](=O)[O-])cc4)C(N)=NC(=O)OCc4ccc([N+](=O)[O-])cc4)C3)N(C(=O)OCc3ccc([N+](=O)[O-])cc3)C2)cc1. The van der Waals surface area contributed by atoms with Gasteiger partial charge in [0.15, 0.2) is 0 Å². The Balaban J connectivity index is 1.02. The summed E-state index contributed by atoms with van der Waals surface area (Å²) in [6.07, 6.45) is -2.78. The van der Waals surface area contributed by atoms with Crippen molar-refractivity contribution >= 4 is 64.9 Å². The van der Waals surface area contributed by atoms with Gasteiger partial charge in [0.1, 0.15) is 31.6 Å². The summed E-state index contributed by atoms with van der Waals surface area (Å²) in [5.74, 6) is -0.0641. The maximum atomic E-state index is 13.9. The van der Waals surface area contributed by atoms with Crippen LogP contribution in [0.25, 0.3) is 0 Å². The lowest BCUT2D eigenvalue weighted by molar-refractivity contribution is -0.385. The number of carbonyl (C=O) groups excluding carboxylic acids is 5. The van der Waals surface area contributed by atoms with Crippen molar-refractivity contribution in [2.45, 2.75) is 62.2 Å². The van der Waals surface area contributed by atoms with E-state index >= 15 is 0 Å². The van der Waals surface area contributed by atoms with E-state index in [1.807, 2.05) is 24.3 Å². The number of aliphatic imine (C=N–C) groups is 1. The Morgan fingerprint density at radius 3 is 1.74 bits per heavy atom. The van der Waals surface area contributed by atoms with Crippen LogP contribution in [0.1, 0.15) is 41.5 Å². The molecule has 2 aliphatic rings. The minimum Gasteiger partial charge on any atom is -0.497 e. The van der Waals surface area contributed by atoms with Crippen molar-refractivity contribution in [3.05, 3.63) is 150 Å². The molecular formula is C45H47N9O15S. The number of nitro benzene ring substituents is 3. The molecule has 0 spiro atoms. The van der Waals surface area contributed by atoms with Crippen LogP contribution in [0.4, 0.5) is 31.4 Å². The molecule has 0 aromatic heterocycles. The molecule has 0 unspecified atom stereocenters. The quantitative estimate of drug-likeness (QED) is 0.0367. The molecule has 0 aliphatic carbocycles. The summed E-state index contributed by atoms with van der Waals surface area (Å²) in [5.41, 5.74) is 7.95. The van der Waals surface area contributed by atoms with Crippen molar-refractivity contribution in [3.63, 3.8) is 0 Å². The van der Waals surface area contributed by atoms with Crippen molar-refractivity contribution in [1.29, 1.82) is 0 Å². The van der Waals surface area contributed by atoms with E-state index in [0.717, 1.165) is 10.5 Å². The van der Waals surface area contributed by atoms with E-state index in [1.165, 1.54) is 82.6 Å². The van der Waals surface area contributed by atoms with E-state index in [2.05, 4.69) is 10.3 Å². The van der Waals surface area contributed by atoms with E-state index in [4.69, 9.17) is 24.7 Å². The number of likely N-dealkylation sites (tertiary alicyclic amines) is 2. The number of hydrogen-bond acceptors (Lipinski definition) is 16. The second-order valence-electron chi connectivity index (χ2n) is 15.9. The van der Waals surface area contributed by atoms with Crippen molar-refractivity contribution in [2.75, 3.05) is 33.3 Å². The predicted molar refractivity (Wildman–Crippen MR) is 249 cm³/mol. The normalized spacial score (nSPS) is 15.5. The van der Waals surface area contributed by atoms with Crippen LogP contribution < -0.4 is 15.8 Å². The maximum absolute atomic E-state index is 13.9. The van der Waals surface area contributed by atoms with Gasteiger partial charge in [0, 0.05) is 80.0 Å². The maximum Gasteiger partial charge on any atom is 0.437 e. The third-order valence-corrected chi connectivity index (χ3v) is 12.3. The third kappa shape index (κ3) is 14.3. The number of methoxy groups -OCH3 is 1. The van der Waals surface area contributed by atoms with Gasteiger partial charge in [-0.25, -0.2) is 19.3 Å². The summed E-state index contributed by atoms with van der Waals surface area (Å²) in [7, 11) is 1.58. The molecule has 6 rings (SSSR count). The van der Waals surface area contributed by atoms with Crippen LogP contribution >= 0.6 is 11.8 Å². The number of nitrogens with two attached hydrogens (primary N) is 1. The first-order valence-electron chi connectivity index (χ1n) is 21.5. The van der Waals surface area contributed by atoms with Crippen LogP contribution in [-0.4, -0.2) is 116 Å². The summed E-state index contributed by atoms with van der Waals surface area (Å²) in [6, 6.07) is 22.3. The molecule has 2 heterocycles. The predicted octanol–water partition coefficient (Wildman–Crippen LogP) is 5.83. The zero-order valence-electron chi connectivity index (χ0n) is 37.5. The number of non-ortho nitro benzene ring substituents is 3. The van der Waals surface area contributed by atoms with Gasteiger partial charge >= 0.3 is 18.3 Å². The van der Waals surface area contributed by atoms with Crippen LogP contribution in [0.2, 0.25) is 0 Å². The molecular weight excluding hydrogens is 939 g/mol. The first-order valence-corrected chi connectivity index (χ1v) is 22.5. The van der Waals surface area contributed by atoms with Gasteiger partial charge in [-0.05, 0) is 83.6 Å². The Morgan fingerprint density at radius 2 is 1.23 bits per heavy atom. The second kappa shape index (κ2) is 24.1. The third-order valence-electron chi connectivity index (χ3n) is 11.0. The fraction of sp³-hybridized carbons (Fsp3) is 0.333. The number of hydrogen-bond donors (Lipinski definition) is 2. The Bertz CT molecular complexity index is 2580. The molecule has 4 aromatic rings. The summed E-state index contributed by atoms with van der Waals surface area (Å²) >= 11 is 1.59. The monoisotopic (exact) mass is 985 g/mol. The van der Waals surface area contributed by atoms with Gasteiger partial charge in [0.25, 0.3) is 17.1 Å². The first-order chi connectivity index (χ1) is 33.6. The molecule has 2 fully saturated rings. The Kier molecular flexibility index (Phi) is 17.6. The van der Waals surface area contributed by atoms with E-state index in [0.29, 0.717) is 34.6 Å². The highest BCUT2D eigenvalue weighted by Gasteiger charge is 2.45. The van der Waals surface area contributed by atoms with Crippen molar-refractivity contribution < 1.29 is 57.7 Å². The average Bonchev–Trinajstić information content (AvgIpc) is 3.78. The summed E-state index contributed by atoms with van der Waals surface area (Å²) in [6.45, 7) is -0.571. The van der Waals surface area contributed by atoms with Crippen LogP contribution in [0.3, 0.4) is 0 Å². The van der Waals surface area contributed by atoms with Crippen molar-refractivity contribution in [2.24, 2.45) is 10.7 Å². The highest BCUT2D eigenvalue weighted by atomic mass is 32.2. The lowest BCUT2D eigenvalue weighted by Crippen LogP contribution is -2.64. The van der Waals surface area contributed by atoms with Crippen molar-refractivity contribution in [1.82, 2.24) is 20.0 Å². The minimum atomic E-state index is -1.20. The number of benzene rings is 4. The number of carbonyl (C=O) groups is 5. The second-order valence-corrected chi connectivity index (χ2v) is 17.1. The van der Waals surface area contributed by atoms with Gasteiger partial charge in [0.2, 0.25) is 17.8 Å². The number of thioether (sulfide) groups is 1. The number of nitrogens with zero attached hydrogens (tertiary/aromatic N) is 7. The highest BCUT2D eigenvalue weighted by molar-refractivity contribution is 7.99. The van der Waals surface area contributed by atoms with Gasteiger partial charge in [-0.1, -0.05) is 12.1 Å². The zero-order valence-corrected chi connectivity index (χ0v) is 38.3. The molecule has 5 amide bonds. The summed E-state index contributed by atoms with van der Waals surface area (Å²) in [4.78, 5) is 105. The molecule has 368 valence electrons. The first kappa shape index (κ1) is 51.0. The molecule has 0 saturated carbocycles. The van der Waals surface area contributed by atoms with E-state index in [1.54, 1.807) is 18.9 Å². The Labute approximate surface area is 403 Å². The largest absolute Gasteiger partial charge is 0.497 e. The van der Waals surface area contributed by atoms with Crippen LogP contribution in [0.15, 0.2) is 102 Å². The van der Waals surface area contributed by atoms with Crippen LogP contribution in [0.5, 0.6) is 5.75 Å². The number of guanidine groups is 1. The van der Waals surface area contributed by atoms with E-state index in [-0.39, 0.29) is 87.1 Å². The lowest BCUT2D eigenvalue weighted by atomic mass is 10.1. The van der Waals surface area contributed by atoms with Gasteiger partial charge in [-0.3, -0.25) is 44.8 Å². The molecule has 0 radical (unpaired) electrons. The number of nitro groups is 3. The van der Waals surface area contributed by atoms with Crippen LogP contribution in [0, 0.1) is 30.3 Å². The highest BCUT2D eigenvalue weighted by Crippen LogP contribution is 2.33. The smallest absolute Gasteiger partial charge is 0.437 e. The Hall–Kier alpha value is -8.35. The topological polar surface area (TPSA) is 312 Å². The fourth-order valence-electron chi connectivity index (χ4n) is 7.17. The Morgan fingerprint density at radius 1 is 0.729 bits per heavy atom. The van der Waals surface area contributed by atoms with Crippen molar-refractivity contribution in [3.8, 4) is 5.75 Å². The number of nitrogens with one attached hydrogen (secondary N) is 1. The standard InChI is InChI=1S/C45H47N9O15S/c1-66-37-18-10-32(11-19-37)28-70-38-21-39(51(24-38)45(59)69-27-31-8-16-36(17-9-31)54(64)65)41(56)49-22-33(23-49)47-40(55)3-2-20-50(44(58)68-26-30-6-14-35(15-7-30)53(62)63)42(46)48-43(57)67-25-29-4-12-34(13-5-29)52(60)61/h4-19,33,38-39H,2-3,20-28H2,1H3,(H,47,55)(H2,46,48,57)/t38-,39-/m0/s1. The molecule has 2 saturated heterocycles. The number of rotatable bonds is 19. The minimum absolute atomic E-state index is 0.00348. The fourth-order valence-corrected chi connectivity index (χ4v) is 8.38. The molecule has 70 heavy (non-hydrogen) atoms. The lowest BCUT2D eigenvalue weighted by Gasteiger charge is -2.41. The molecule has 24 nitrogen and oxygen atoms in total. The molecule has 2 aliphatic heterocycles. The van der Waals surface area contributed by atoms with Crippen LogP contribution in [-0.2, 0) is 49.4 Å². The van der Waals surface area contributed by atoms with Gasteiger partial charge in [-0.2, -0.15) is 11.8 Å². The van der Waals surface area contributed by atoms with E-state index in [9.17, 15) is 54.3 Å². The van der Waals surface area contributed by atoms with Gasteiger partial charge in [-0.15, -0.1) is 4.99 Å². The van der Waals surface area contributed by atoms with Gasteiger partial charge < -0.3 is 34.9 Å².